The van der Waals surface area contributed by atoms with Crippen LogP contribution in [-0.4, -0.2) is 18.9 Å². The number of rotatable bonds is 4. The number of hydrogen-bond donors (Lipinski definition) is 0. The third kappa shape index (κ3) is 3.92. The van der Waals surface area contributed by atoms with Crippen LogP contribution in [0, 0.1) is 0 Å². The molecule has 1 aromatic rings. The van der Waals surface area contributed by atoms with Crippen molar-refractivity contribution < 1.29 is 14.3 Å². The number of alkyl halides is 1. The molecule has 1 rings (SSSR count). The Morgan fingerprint density at radius 3 is 2.59 bits per heavy atom. The van der Waals surface area contributed by atoms with Crippen LogP contribution in [0.15, 0.2) is 22.7 Å². The van der Waals surface area contributed by atoms with E-state index in [9.17, 15) is 9.59 Å². The van der Waals surface area contributed by atoms with Crippen LogP contribution in [0.4, 0.5) is 0 Å². The number of methoxy groups -OCH3 is 1. The van der Waals surface area contributed by atoms with E-state index in [4.69, 9.17) is 0 Å². The highest BCUT2D eigenvalue weighted by Gasteiger charge is 2.18. The predicted molar refractivity (Wildman–Crippen MR) is 72.2 cm³/mol. The lowest BCUT2D eigenvalue weighted by atomic mass is 10.0. The lowest BCUT2D eigenvalue weighted by Crippen LogP contribution is -2.10. The molecule has 3 nitrogen and oxygen atoms in total. The molecule has 1 unspecified atom stereocenters. The number of carbonyl (C=O) groups excluding carboxylic acids is 2. The molecule has 1 atom stereocenters. The molecule has 0 saturated carbocycles. The average Bonchev–Trinajstić information content (AvgIpc) is 2.28. The minimum atomic E-state index is -0.393. The first-order chi connectivity index (χ1) is 7.95. The van der Waals surface area contributed by atoms with Gasteiger partial charge in [-0.3, -0.25) is 9.59 Å². The van der Waals surface area contributed by atoms with Crippen LogP contribution in [0.25, 0.3) is 0 Å². The molecule has 0 amide bonds. The Balaban J connectivity index is 3.11. The Bertz CT molecular complexity index is 443. The Kier molecular flexibility index (Phi) is 5.33. The van der Waals surface area contributed by atoms with Crippen LogP contribution in [0.2, 0.25) is 0 Å². The molecule has 0 spiro atoms. The second-order valence-corrected chi connectivity index (χ2v) is 5.40. The van der Waals surface area contributed by atoms with E-state index >= 15 is 0 Å². The summed E-state index contributed by atoms with van der Waals surface area (Å²) in [4.78, 5) is 22.3. The molecule has 0 aliphatic rings. The molecular weight excluding hydrogens is 352 g/mol. The summed E-state index contributed by atoms with van der Waals surface area (Å²) in [6, 6.07) is 5.49. The second-order valence-electron chi connectivity index (χ2n) is 3.57. The molecule has 0 aliphatic carbocycles. The normalized spacial score (nSPS) is 12.0. The monoisotopic (exact) mass is 362 g/mol. The van der Waals surface area contributed by atoms with Gasteiger partial charge in [-0.05, 0) is 30.2 Å². The first kappa shape index (κ1) is 14.4. The average molecular weight is 364 g/mol. The van der Waals surface area contributed by atoms with E-state index in [-0.39, 0.29) is 18.2 Å². The standard InChI is InChI=1S/C12H12Br2O3/c1-7(15)12(14)10-4-3-9(13)5-8(10)6-11(16)17-2/h3-5,12H,6H2,1-2H3. The fourth-order valence-corrected chi connectivity index (χ4v) is 2.28. The molecule has 17 heavy (non-hydrogen) atoms. The Labute approximate surface area is 117 Å². The molecular formula is C12H12Br2O3. The quantitative estimate of drug-likeness (QED) is 0.609. The highest BCUT2D eigenvalue weighted by Crippen LogP contribution is 2.29. The summed E-state index contributed by atoms with van der Waals surface area (Å²) in [6.45, 7) is 1.50. The van der Waals surface area contributed by atoms with Crippen molar-refractivity contribution in [2.75, 3.05) is 7.11 Å². The van der Waals surface area contributed by atoms with Crippen LogP contribution < -0.4 is 0 Å². The smallest absolute Gasteiger partial charge is 0.309 e. The lowest BCUT2D eigenvalue weighted by Gasteiger charge is -2.12. The largest absolute Gasteiger partial charge is 0.469 e. The maximum atomic E-state index is 11.4. The number of benzene rings is 1. The van der Waals surface area contributed by atoms with E-state index in [2.05, 4.69) is 36.6 Å². The van der Waals surface area contributed by atoms with Crippen molar-refractivity contribution in [3.8, 4) is 0 Å². The summed E-state index contributed by atoms with van der Waals surface area (Å²) >= 11 is 6.66. The summed E-state index contributed by atoms with van der Waals surface area (Å²) in [6.07, 6.45) is 0.153. The summed E-state index contributed by atoms with van der Waals surface area (Å²) < 4.78 is 5.50. The van der Waals surface area contributed by atoms with Gasteiger partial charge >= 0.3 is 5.97 Å². The molecule has 0 aromatic heterocycles. The van der Waals surface area contributed by atoms with Crippen molar-refractivity contribution in [3.63, 3.8) is 0 Å². The van der Waals surface area contributed by atoms with Crippen LogP contribution in [0.1, 0.15) is 22.9 Å². The maximum Gasteiger partial charge on any atom is 0.309 e. The second kappa shape index (κ2) is 6.31. The third-order valence-corrected chi connectivity index (χ3v) is 3.93. The highest BCUT2D eigenvalue weighted by molar-refractivity contribution is 9.10. The van der Waals surface area contributed by atoms with Crippen LogP contribution in [-0.2, 0) is 20.7 Å². The molecule has 0 bridgehead atoms. The summed E-state index contributed by atoms with van der Waals surface area (Å²) in [5.41, 5.74) is 1.58. The van der Waals surface area contributed by atoms with Gasteiger partial charge in [0.1, 0.15) is 5.78 Å². The van der Waals surface area contributed by atoms with E-state index in [1.54, 1.807) is 0 Å². The third-order valence-electron chi connectivity index (χ3n) is 2.30. The van der Waals surface area contributed by atoms with Gasteiger partial charge in [0.25, 0.3) is 0 Å². The number of ketones is 1. The van der Waals surface area contributed by atoms with Gasteiger partial charge in [-0.2, -0.15) is 0 Å². The summed E-state index contributed by atoms with van der Waals surface area (Å²) in [5.74, 6) is -0.328. The van der Waals surface area contributed by atoms with Gasteiger partial charge in [-0.15, -0.1) is 0 Å². The van der Waals surface area contributed by atoms with Gasteiger partial charge < -0.3 is 4.74 Å². The van der Waals surface area contributed by atoms with Crippen molar-refractivity contribution in [1.82, 2.24) is 0 Å². The Morgan fingerprint density at radius 2 is 2.06 bits per heavy atom. The van der Waals surface area contributed by atoms with E-state index in [0.29, 0.717) is 0 Å². The van der Waals surface area contributed by atoms with Crippen molar-refractivity contribution in [2.24, 2.45) is 0 Å². The first-order valence-corrected chi connectivity index (χ1v) is 6.66. The minimum absolute atomic E-state index is 0.00145. The zero-order valence-corrected chi connectivity index (χ0v) is 12.7. The van der Waals surface area contributed by atoms with Crippen LogP contribution in [0.5, 0.6) is 0 Å². The Morgan fingerprint density at radius 1 is 1.41 bits per heavy atom. The molecule has 0 aliphatic heterocycles. The highest BCUT2D eigenvalue weighted by atomic mass is 79.9. The predicted octanol–water partition coefficient (Wildman–Crippen LogP) is 3.19. The molecule has 92 valence electrons. The van der Waals surface area contributed by atoms with E-state index in [0.717, 1.165) is 15.6 Å². The number of ether oxygens (including phenoxy) is 1. The van der Waals surface area contributed by atoms with Gasteiger partial charge in [0.2, 0.25) is 0 Å². The van der Waals surface area contributed by atoms with Crippen molar-refractivity contribution in [1.29, 1.82) is 0 Å². The molecule has 1 aromatic carbocycles. The van der Waals surface area contributed by atoms with Gasteiger partial charge in [-0.25, -0.2) is 0 Å². The van der Waals surface area contributed by atoms with Crippen molar-refractivity contribution in [2.45, 2.75) is 18.2 Å². The van der Waals surface area contributed by atoms with E-state index in [1.807, 2.05) is 18.2 Å². The van der Waals surface area contributed by atoms with Crippen molar-refractivity contribution in [3.05, 3.63) is 33.8 Å². The minimum Gasteiger partial charge on any atom is -0.469 e. The topological polar surface area (TPSA) is 43.4 Å². The molecule has 5 heteroatoms. The fourth-order valence-electron chi connectivity index (χ4n) is 1.42. The zero-order valence-electron chi connectivity index (χ0n) is 9.50. The fraction of sp³-hybridized carbons (Fsp3) is 0.333. The number of carbonyl (C=O) groups is 2. The van der Waals surface area contributed by atoms with Crippen LogP contribution >= 0.6 is 31.9 Å². The first-order valence-electron chi connectivity index (χ1n) is 4.95. The van der Waals surface area contributed by atoms with Gasteiger partial charge in [0.05, 0.1) is 18.4 Å². The molecule has 0 saturated heterocycles. The molecule has 0 fully saturated rings. The van der Waals surface area contributed by atoms with Gasteiger partial charge in [0, 0.05) is 4.47 Å². The van der Waals surface area contributed by atoms with E-state index < -0.39 is 4.83 Å². The summed E-state index contributed by atoms with van der Waals surface area (Å²) in [7, 11) is 1.34. The van der Waals surface area contributed by atoms with E-state index in [1.165, 1.54) is 14.0 Å². The van der Waals surface area contributed by atoms with Gasteiger partial charge in [0.15, 0.2) is 0 Å². The number of hydrogen-bond acceptors (Lipinski definition) is 3. The number of esters is 1. The number of halogens is 2. The maximum absolute atomic E-state index is 11.4. The molecule has 0 radical (unpaired) electrons. The Hall–Kier alpha value is -0.680. The molecule has 0 heterocycles. The van der Waals surface area contributed by atoms with Crippen LogP contribution in [0.3, 0.4) is 0 Å². The van der Waals surface area contributed by atoms with Crippen molar-refractivity contribution >= 4 is 43.6 Å². The SMILES string of the molecule is COC(=O)Cc1cc(Br)ccc1C(Br)C(C)=O. The van der Waals surface area contributed by atoms with Gasteiger partial charge in [-0.1, -0.05) is 37.9 Å². The summed E-state index contributed by atoms with van der Waals surface area (Å²) in [5, 5.41) is 0. The zero-order chi connectivity index (χ0) is 13.0. The lowest BCUT2D eigenvalue weighted by molar-refractivity contribution is -0.139. The molecule has 0 N–H and O–H groups in total. The number of Topliss-reactive ketones (excluding diaryl/α,β-unsaturated/α-hetero) is 1.